The molecule has 2 atom stereocenters. The molecule has 1 aromatic carbocycles. The predicted octanol–water partition coefficient (Wildman–Crippen LogP) is 1.81. The zero-order valence-corrected chi connectivity index (χ0v) is 15.8. The van der Waals surface area contributed by atoms with Gasteiger partial charge in [-0.3, -0.25) is 9.59 Å². The lowest BCUT2D eigenvalue weighted by molar-refractivity contribution is -0.138. The van der Waals surface area contributed by atoms with E-state index in [9.17, 15) is 9.59 Å². The number of carbonyl (C=O) groups excluding carboxylic acids is 2. The molecule has 1 aliphatic heterocycles. The van der Waals surface area contributed by atoms with Gasteiger partial charge in [0.25, 0.3) is 0 Å². The Kier molecular flexibility index (Phi) is 5.68. The van der Waals surface area contributed by atoms with E-state index in [-0.39, 0.29) is 30.3 Å². The first kappa shape index (κ1) is 18.5. The van der Waals surface area contributed by atoms with Gasteiger partial charge in [0, 0.05) is 29.6 Å². The largest absolute Gasteiger partial charge is 0.352 e. The van der Waals surface area contributed by atoms with Gasteiger partial charge in [0.15, 0.2) is 0 Å². The molecule has 2 amide bonds. The Bertz CT molecular complexity index is 775. The SMILES string of the molecule is CC(C)NC(=O)[C@@H]1C[C@@H](N)CN1C(=O)Cc1csc(-c2ccccc2)n1. The standard InChI is InChI=1S/C19H24N4O2S/c1-12(2)21-18(25)16-8-14(20)10-23(16)17(24)9-15-11-26-19(22-15)13-6-4-3-5-7-13/h3-7,11-12,14,16H,8-10,20H2,1-2H3,(H,21,25)/t14-,16+/m1/s1. The number of amides is 2. The molecule has 0 saturated carbocycles. The summed E-state index contributed by atoms with van der Waals surface area (Å²) in [4.78, 5) is 31.3. The highest BCUT2D eigenvalue weighted by molar-refractivity contribution is 7.13. The van der Waals surface area contributed by atoms with E-state index in [4.69, 9.17) is 5.73 Å². The molecule has 1 saturated heterocycles. The van der Waals surface area contributed by atoms with Crippen molar-refractivity contribution in [3.8, 4) is 10.6 Å². The van der Waals surface area contributed by atoms with Crippen molar-refractivity contribution in [1.82, 2.24) is 15.2 Å². The van der Waals surface area contributed by atoms with Crippen LogP contribution in [0.2, 0.25) is 0 Å². The van der Waals surface area contributed by atoms with E-state index in [1.807, 2.05) is 49.6 Å². The quantitative estimate of drug-likeness (QED) is 0.838. The number of nitrogens with two attached hydrogens (primary N) is 1. The summed E-state index contributed by atoms with van der Waals surface area (Å²) in [5.41, 5.74) is 7.77. The molecule has 1 aliphatic rings. The van der Waals surface area contributed by atoms with Gasteiger partial charge in [-0.05, 0) is 20.3 Å². The van der Waals surface area contributed by atoms with E-state index in [0.29, 0.717) is 13.0 Å². The molecule has 1 aromatic heterocycles. The van der Waals surface area contributed by atoms with Crippen molar-refractivity contribution in [2.45, 2.75) is 44.8 Å². The van der Waals surface area contributed by atoms with E-state index in [0.717, 1.165) is 16.3 Å². The molecule has 0 radical (unpaired) electrons. The highest BCUT2D eigenvalue weighted by atomic mass is 32.1. The number of aromatic nitrogens is 1. The van der Waals surface area contributed by atoms with Gasteiger partial charge in [0.2, 0.25) is 11.8 Å². The van der Waals surface area contributed by atoms with E-state index < -0.39 is 6.04 Å². The van der Waals surface area contributed by atoms with Crippen molar-refractivity contribution in [2.75, 3.05) is 6.54 Å². The van der Waals surface area contributed by atoms with Crippen LogP contribution in [0.1, 0.15) is 26.0 Å². The molecule has 2 heterocycles. The maximum atomic E-state index is 12.8. The summed E-state index contributed by atoms with van der Waals surface area (Å²) in [7, 11) is 0. The lowest BCUT2D eigenvalue weighted by atomic mass is 10.1. The summed E-state index contributed by atoms with van der Waals surface area (Å²) in [6.45, 7) is 4.21. The highest BCUT2D eigenvalue weighted by Gasteiger charge is 2.38. The predicted molar refractivity (Wildman–Crippen MR) is 103 cm³/mol. The summed E-state index contributed by atoms with van der Waals surface area (Å²) >= 11 is 1.52. The van der Waals surface area contributed by atoms with Crippen molar-refractivity contribution in [3.05, 3.63) is 41.4 Å². The van der Waals surface area contributed by atoms with Crippen molar-refractivity contribution >= 4 is 23.2 Å². The number of benzene rings is 1. The number of nitrogens with one attached hydrogen (secondary N) is 1. The van der Waals surface area contributed by atoms with Crippen molar-refractivity contribution < 1.29 is 9.59 Å². The Morgan fingerprint density at radius 3 is 2.77 bits per heavy atom. The molecule has 1 fully saturated rings. The number of hydrogen-bond donors (Lipinski definition) is 2. The number of rotatable bonds is 5. The first-order valence-electron chi connectivity index (χ1n) is 8.79. The van der Waals surface area contributed by atoms with Crippen LogP contribution in [0.4, 0.5) is 0 Å². The molecule has 2 aromatic rings. The normalized spacial score (nSPS) is 19.8. The summed E-state index contributed by atoms with van der Waals surface area (Å²) in [6, 6.07) is 9.25. The Labute approximate surface area is 157 Å². The van der Waals surface area contributed by atoms with E-state index in [2.05, 4.69) is 10.3 Å². The molecular weight excluding hydrogens is 348 g/mol. The number of carbonyl (C=O) groups is 2. The fourth-order valence-corrected chi connectivity index (χ4v) is 3.96. The number of likely N-dealkylation sites (tertiary alicyclic amines) is 1. The Morgan fingerprint density at radius 1 is 1.35 bits per heavy atom. The third kappa shape index (κ3) is 4.28. The van der Waals surface area contributed by atoms with E-state index in [1.54, 1.807) is 4.90 Å². The second-order valence-corrected chi connectivity index (χ2v) is 7.77. The summed E-state index contributed by atoms with van der Waals surface area (Å²) in [5, 5.41) is 5.67. The Hall–Kier alpha value is -2.25. The van der Waals surface area contributed by atoms with Gasteiger partial charge < -0.3 is 16.0 Å². The van der Waals surface area contributed by atoms with Crippen LogP contribution in [0.5, 0.6) is 0 Å². The highest BCUT2D eigenvalue weighted by Crippen LogP contribution is 2.24. The molecule has 3 N–H and O–H groups in total. The molecule has 0 aliphatic carbocycles. The maximum Gasteiger partial charge on any atom is 0.243 e. The average molecular weight is 372 g/mol. The topological polar surface area (TPSA) is 88.3 Å². The average Bonchev–Trinajstić information content (AvgIpc) is 3.22. The molecule has 3 rings (SSSR count). The summed E-state index contributed by atoms with van der Waals surface area (Å²) in [5.74, 6) is -0.240. The Balaban J connectivity index is 1.69. The number of hydrogen-bond acceptors (Lipinski definition) is 5. The lowest BCUT2D eigenvalue weighted by Crippen LogP contribution is -2.48. The summed E-state index contributed by atoms with van der Waals surface area (Å²) < 4.78 is 0. The van der Waals surface area contributed by atoms with Crippen molar-refractivity contribution in [3.63, 3.8) is 0 Å². The van der Waals surface area contributed by atoms with Gasteiger partial charge in [-0.25, -0.2) is 4.98 Å². The first-order valence-corrected chi connectivity index (χ1v) is 9.67. The van der Waals surface area contributed by atoms with Gasteiger partial charge in [-0.1, -0.05) is 30.3 Å². The van der Waals surface area contributed by atoms with Crippen LogP contribution in [0.15, 0.2) is 35.7 Å². The van der Waals surface area contributed by atoms with Gasteiger partial charge >= 0.3 is 0 Å². The van der Waals surface area contributed by atoms with Crippen LogP contribution in [0.25, 0.3) is 10.6 Å². The minimum atomic E-state index is -0.493. The van der Waals surface area contributed by atoms with Crippen molar-refractivity contribution in [2.24, 2.45) is 5.73 Å². The molecule has 0 spiro atoms. The number of thiazole rings is 1. The fraction of sp³-hybridized carbons (Fsp3) is 0.421. The second kappa shape index (κ2) is 7.97. The van der Waals surface area contributed by atoms with Gasteiger partial charge in [0.05, 0.1) is 12.1 Å². The smallest absolute Gasteiger partial charge is 0.243 e. The van der Waals surface area contributed by atoms with Crippen LogP contribution < -0.4 is 11.1 Å². The maximum absolute atomic E-state index is 12.8. The summed E-state index contributed by atoms with van der Waals surface area (Å²) in [6.07, 6.45) is 0.679. The molecule has 0 unspecified atom stereocenters. The van der Waals surface area contributed by atoms with Crippen LogP contribution in [0, 0.1) is 0 Å². The first-order chi connectivity index (χ1) is 12.4. The zero-order valence-electron chi connectivity index (χ0n) is 15.0. The van der Waals surface area contributed by atoms with Crippen LogP contribution in [-0.4, -0.2) is 46.4 Å². The fourth-order valence-electron chi connectivity index (χ4n) is 3.13. The third-order valence-electron chi connectivity index (χ3n) is 4.29. The van der Waals surface area contributed by atoms with Crippen LogP contribution in [0.3, 0.4) is 0 Å². The number of nitrogens with zero attached hydrogens (tertiary/aromatic N) is 2. The van der Waals surface area contributed by atoms with Gasteiger partial charge in [-0.2, -0.15) is 0 Å². The van der Waals surface area contributed by atoms with E-state index in [1.165, 1.54) is 11.3 Å². The monoisotopic (exact) mass is 372 g/mol. The molecular formula is C19H24N4O2S. The zero-order chi connectivity index (χ0) is 18.7. The molecule has 7 heteroatoms. The van der Waals surface area contributed by atoms with Gasteiger partial charge in [-0.15, -0.1) is 11.3 Å². The van der Waals surface area contributed by atoms with Crippen LogP contribution >= 0.6 is 11.3 Å². The molecule has 26 heavy (non-hydrogen) atoms. The van der Waals surface area contributed by atoms with Crippen LogP contribution in [-0.2, 0) is 16.0 Å². The van der Waals surface area contributed by atoms with Crippen molar-refractivity contribution in [1.29, 1.82) is 0 Å². The van der Waals surface area contributed by atoms with Gasteiger partial charge in [0.1, 0.15) is 11.0 Å². The molecule has 0 bridgehead atoms. The minimum Gasteiger partial charge on any atom is -0.352 e. The Morgan fingerprint density at radius 2 is 2.08 bits per heavy atom. The third-order valence-corrected chi connectivity index (χ3v) is 5.23. The minimum absolute atomic E-state index is 0.0308. The van der Waals surface area contributed by atoms with E-state index >= 15 is 0 Å². The second-order valence-electron chi connectivity index (χ2n) is 6.91. The molecule has 138 valence electrons. The lowest BCUT2D eigenvalue weighted by Gasteiger charge is -2.24. The molecule has 6 nitrogen and oxygen atoms in total.